The Kier molecular flexibility index (Phi) is 6.86. The molecule has 4 N–H and O–H groups in total. The van der Waals surface area contributed by atoms with Gasteiger partial charge in [-0.2, -0.15) is 0 Å². The van der Waals surface area contributed by atoms with E-state index in [0.717, 1.165) is 6.07 Å². The molecule has 0 amide bonds. The first-order chi connectivity index (χ1) is 10.8. The molecule has 0 aliphatic carbocycles. The molecular formula is C12H13Cl2N3O6. The zero-order valence-corrected chi connectivity index (χ0v) is 13.2. The second kappa shape index (κ2) is 8.39. The molecule has 0 heterocycles. The predicted molar refractivity (Wildman–Crippen MR) is 83.9 cm³/mol. The molecule has 0 aliphatic heterocycles. The summed E-state index contributed by atoms with van der Waals surface area (Å²) in [6.45, 7) is -0.305. The van der Waals surface area contributed by atoms with E-state index in [-0.39, 0.29) is 30.5 Å². The Labute approximate surface area is 140 Å². The number of benzene rings is 1. The maximum Gasteiger partial charge on any atom is 0.347 e. The third kappa shape index (κ3) is 4.36. The van der Waals surface area contributed by atoms with Crippen LogP contribution in [-0.2, 0) is 9.47 Å². The van der Waals surface area contributed by atoms with E-state index in [9.17, 15) is 19.7 Å². The Morgan fingerprint density at radius 1 is 1.13 bits per heavy atom. The number of hydrogen-bond donors (Lipinski definition) is 2. The number of esters is 2. The molecule has 0 atom stereocenters. The number of ether oxygens (including phenoxy) is 2. The first-order valence-corrected chi connectivity index (χ1v) is 7.24. The fourth-order valence-corrected chi connectivity index (χ4v) is 1.85. The highest BCUT2D eigenvalue weighted by Crippen LogP contribution is 2.35. The highest BCUT2D eigenvalue weighted by Gasteiger charge is 2.32. The smallest absolute Gasteiger partial charge is 0.347 e. The maximum absolute atomic E-state index is 12.0. The molecule has 0 aliphatic rings. The molecule has 0 unspecified atom stereocenters. The van der Waals surface area contributed by atoms with Gasteiger partial charge in [-0.25, -0.2) is 9.59 Å². The summed E-state index contributed by atoms with van der Waals surface area (Å²) < 4.78 is 9.52. The summed E-state index contributed by atoms with van der Waals surface area (Å²) in [6.07, 6.45) is 0. The van der Waals surface area contributed by atoms with Crippen molar-refractivity contribution in [3.05, 3.63) is 27.3 Å². The number of carbonyl (C=O) groups is 2. The maximum atomic E-state index is 12.0. The van der Waals surface area contributed by atoms with Crippen LogP contribution in [0.1, 0.15) is 20.7 Å². The van der Waals surface area contributed by atoms with Crippen LogP contribution in [0.5, 0.6) is 0 Å². The van der Waals surface area contributed by atoms with Crippen LogP contribution in [0.25, 0.3) is 0 Å². The van der Waals surface area contributed by atoms with Crippen LogP contribution >= 0.6 is 23.2 Å². The minimum atomic E-state index is -1.12. The van der Waals surface area contributed by atoms with Crippen LogP contribution in [0.4, 0.5) is 17.1 Å². The first kappa shape index (κ1) is 18.8. The normalized spacial score (nSPS) is 10.2. The standard InChI is InChI=1S/C12H13Cl2N3O6/c13-1-3-22-11(18)6-5-7(15)10(17(20)21)8(9(6)16)12(19)23-4-2-14/h5H,1-4,15-16H2. The van der Waals surface area contributed by atoms with Crippen LogP contribution in [0, 0.1) is 10.1 Å². The van der Waals surface area contributed by atoms with Gasteiger partial charge in [0.05, 0.1) is 27.9 Å². The van der Waals surface area contributed by atoms with Gasteiger partial charge in [-0.05, 0) is 6.07 Å². The number of carbonyl (C=O) groups excluding carboxylic acids is 2. The van der Waals surface area contributed by atoms with E-state index in [1.54, 1.807) is 0 Å². The summed E-state index contributed by atoms with van der Waals surface area (Å²) in [6, 6.07) is 0.961. The van der Waals surface area contributed by atoms with Gasteiger partial charge in [0.25, 0.3) is 0 Å². The summed E-state index contributed by atoms with van der Waals surface area (Å²) >= 11 is 10.8. The molecule has 0 aromatic heterocycles. The third-order valence-corrected chi connectivity index (χ3v) is 2.91. The van der Waals surface area contributed by atoms with E-state index in [4.69, 9.17) is 44.1 Å². The molecule has 0 saturated carbocycles. The number of halogens is 2. The Bertz CT molecular complexity index is 638. The molecule has 126 valence electrons. The number of nitro groups is 1. The van der Waals surface area contributed by atoms with Crippen LogP contribution in [0.15, 0.2) is 6.07 Å². The van der Waals surface area contributed by atoms with Crippen molar-refractivity contribution in [2.24, 2.45) is 0 Å². The molecule has 1 aromatic rings. The van der Waals surface area contributed by atoms with E-state index in [1.807, 2.05) is 0 Å². The summed E-state index contributed by atoms with van der Waals surface area (Å²) in [4.78, 5) is 34.1. The van der Waals surface area contributed by atoms with E-state index in [1.165, 1.54) is 0 Å². The van der Waals surface area contributed by atoms with Gasteiger partial charge in [-0.3, -0.25) is 10.1 Å². The fourth-order valence-electron chi connectivity index (χ4n) is 1.69. The van der Waals surface area contributed by atoms with Crippen molar-refractivity contribution in [2.45, 2.75) is 0 Å². The fraction of sp³-hybridized carbons (Fsp3) is 0.333. The van der Waals surface area contributed by atoms with Crippen LogP contribution in [-0.4, -0.2) is 41.8 Å². The van der Waals surface area contributed by atoms with E-state index >= 15 is 0 Å². The highest BCUT2D eigenvalue weighted by atomic mass is 35.5. The molecule has 0 bridgehead atoms. The molecule has 11 heteroatoms. The number of nitrogens with zero attached hydrogens (tertiary/aromatic N) is 1. The third-order valence-electron chi connectivity index (χ3n) is 2.60. The second-order valence-corrected chi connectivity index (χ2v) is 4.81. The van der Waals surface area contributed by atoms with E-state index in [0.29, 0.717) is 0 Å². The summed E-state index contributed by atoms with van der Waals surface area (Å²) in [7, 11) is 0. The lowest BCUT2D eigenvalue weighted by Crippen LogP contribution is -2.18. The Hall–Kier alpha value is -2.26. The van der Waals surface area contributed by atoms with Gasteiger partial charge in [0.15, 0.2) is 5.56 Å². The Morgan fingerprint density at radius 3 is 2.13 bits per heavy atom. The van der Waals surface area contributed by atoms with Crippen molar-refractivity contribution in [3.8, 4) is 0 Å². The van der Waals surface area contributed by atoms with Gasteiger partial charge >= 0.3 is 17.6 Å². The molecule has 1 rings (SSSR count). The average Bonchev–Trinajstić information content (AvgIpc) is 2.51. The molecule has 1 aromatic carbocycles. The highest BCUT2D eigenvalue weighted by molar-refractivity contribution is 6.18. The zero-order valence-electron chi connectivity index (χ0n) is 11.7. The second-order valence-electron chi connectivity index (χ2n) is 4.06. The average molecular weight is 366 g/mol. The van der Waals surface area contributed by atoms with Gasteiger partial charge in [0.1, 0.15) is 18.9 Å². The lowest BCUT2D eigenvalue weighted by atomic mass is 10.0. The number of hydrogen-bond acceptors (Lipinski definition) is 8. The van der Waals surface area contributed by atoms with E-state index < -0.39 is 39.5 Å². The van der Waals surface area contributed by atoms with Crippen molar-refractivity contribution in [2.75, 3.05) is 36.4 Å². The van der Waals surface area contributed by atoms with Gasteiger partial charge in [0, 0.05) is 0 Å². The number of anilines is 2. The van der Waals surface area contributed by atoms with Crippen molar-refractivity contribution in [3.63, 3.8) is 0 Å². The van der Waals surface area contributed by atoms with Crippen molar-refractivity contribution in [1.82, 2.24) is 0 Å². The predicted octanol–water partition coefficient (Wildman–Crippen LogP) is 1.55. The minimum absolute atomic E-state index is 0.0214. The molecular weight excluding hydrogens is 353 g/mol. The minimum Gasteiger partial charge on any atom is -0.461 e. The zero-order chi connectivity index (χ0) is 17.6. The monoisotopic (exact) mass is 365 g/mol. The lowest BCUT2D eigenvalue weighted by Gasteiger charge is -2.12. The molecule has 0 radical (unpaired) electrons. The number of alkyl halides is 2. The van der Waals surface area contributed by atoms with Gasteiger partial charge in [0.2, 0.25) is 0 Å². The van der Waals surface area contributed by atoms with Crippen molar-refractivity contribution >= 4 is 52.2 Å². The van der Waals surface area contributed by atoms with E-state index in [2.05, 4.69) is 0 Å². The van der Waals surface area contributed by atoms with Gasteiger partial charge in [-0.1, -0.05) is 0 Å². The van der Waals surface area contributed by atoms with Crippen molar-refractivity contribution in [1.29, 1.82) is 0 Å². The number of nitro benzene ring substituents is 1. The SMILES string of the molecule is Nc1cc(C(=O)OCCCl)c(N)c(C(=O)OCCCl)c1[N+](=O)[O-]. The summed E-state index contributed by atoms with van der Waals surface area (Å²) in [5.41, 5.74) is 8.69. The quantitative estimate of drug-likeness (QED) is 0.243. The summed E-state index contributed by atoms with van der Waals surface area (Å²) in [5, 5.41) is 11.1. The van der Waals surface area contributed by atoms with Crippen LogP contribution in [0.2, 0.25) is 0 Å². The number of nitrogens with two attached hydrogens (primary N) is 2. The summed E-state index contributed by atoms with van der Waals surface area (Å²) in [5.74, 6) is -2.02. The molecule has 0 saturated heterocycles. The topological polar surface area (TPSA) is 148 Å². The number of rotatable bonds is 7. The largest absolute Gasteiger partial charge is 0.461 e. The van der Waals surface area contributed by atoms with Crippen molar-refractivity contribution < 1.29 is 24.0 Å². The van der Waals surface area contributed by atoms with Crippen LogP contribution in [0.3, 0.4) is 0 Å². The molecule has 0 spiro atoms. The molecule has 9 nitrogen and oxygen atoms in total. The number of nitrogen functional groups attached to an aromatic ring is 2. The lowest BCUT2D eigenvalue weighted by molar-refractivity contribution is -0.384. The Balaban J connectivity index is 3.43. The molecule has 23 heavy (non-hydrogen) atoms. The Morgan fingerprint density at radius 2 is 1.65 bits per heavy atom. The first-order valence-electron chi connectivity index (χ1n) is 6.17. The van der Waals surface area contributed by atoms with Gasteiger partial charge in [-0.15, -0.1) is 23.2 Å². The van der Waals surface area contributed by atoms with Gasteiger partial charge < -0.3 is 20.9 Å². The molecule has 0 fully saturated rings. The van der Waals surface area contributed by atoms with Crippen LogP contribution < -0.4 is 11.5 Å².